The molecule has 0 aliphatic carbocycles. The summed E-state index contributed by atoms with van der Waals surface area (Å²) in [6, 6.07) is 4.21. The molecule has 0 atom stereocenters. The Morgan fingerprint density at radius 1 is 1.25 bits per heavy atom. The summed E-state index contributed by atoms with van der Waals surface area (Å²) < 4.78 is 28.3. The van der Waals surface area contributed by atoms with Gasteiger partial charge in [-0.25, -0.2) is 13.8 Å². The van der Waals surface area contributed by atoms with E-state index in [1.54, 1.807) is 4.57 Å². The summed E-state index contributed by atoms with van der Waals surface area (Å²) in [6.07, 6.45) is 0. The van der Waals surface area contributed by atoms with Gasteiger partial charge >= 0.3 is 0 Å². The van der Waals surface area contributed by atoms with Crippen molar-refractivity contribution < 1.29 is 8.78 Å². The maximum atomic E-state index is 13.4. The van der Waals surface area contributed by atoms with Gasteiger partial charge in [-0.2, -0.15) is 5.26 Å². The van der Waals surface area contributed by atoms with Gasteiger partial charge in [-0.3, -0.25) is 4.90 Å². The number of benzene rings is 1. The molecule has 0 spiro atoms. The SMILES string of the molecule is CCN(CC)Cc1nc2cc(F)c(F)cc2n1CC#N. The first-order valence-corrected chi connectivity index (χ1v) is 6.54. The van der Waals surface area contributed by atoms with E-state index in [0.29, 0.717) is 23.4 Å². The third-order valence-electron chi connectivity index (χ3n) is 3.36. The Labute approximate surface area is 116 Å². The highest BCUT2D eigenvalue weighted by atomic mass is 19.2. The Hall–Kier alpha value is -2.00. The number of aromatic nitrogens is 2. The normalized spacial score (nSPS) is 11.2. The first-order valence-electron chi connectivity index (χ1n) is 6.54. The Balaban J connectivity index is 2.53. The van der Waals surface area contributed by atoms with Gasteiger partial charge in [-0.05, 0) is 13.1 Å². The van der Waals surface area contributed by atoms with E-state index in [0.717, 1.165) is 25.2 Å². The summed E-state index contributed by atoms with van der Waals surface area (Å²) in [5.41, 5.74) is 0.828. The third kappa shape index (κ3) is 2.63. The minimum absolute atomic E-state index is 0.0676. The number of halogens is 2. The number of nitriles is 1. The topological polar surface area (TPSA) is 44.9 Å². The van der Waals surface area contributed by atoms with Gasteiger partial charge < -0.3 is 4.57 Å². The van der Waals surface area contributed by atoms with Crippen molar-refractivity contribution in [1.82, 2.24) is 14.5 Å². The lowest BCUT2D eigenvalue weighted by atomic mass is 10.3. The van der Waals surface area contributed by atoms with Gasteiger partial charge in [0.2, 0.25) is 0 Å². The third-order valence-corrected chi connectivity index (χ3v) is 3.36. The number of imidazole rings is 1. The van der Waals surface area contributed by atoms with Crippen molar-refractivity contribution in [3.05, 3.63) is 29.6 Å². The lowest BCUT2D eigenvalue weighted by molar-refractivity contribution is 0.285. The molecular formula is C14H16F2N4. The number of rotatable bonds is 5. The molecule has 2 rings (SSSR count). The second-order valence-electron chi connectivity index (χ2n) is 4.49. The van der Waals surface area contributed by atoms with Crippen LogP contribution in [0.25, 0.3) is 11.0 Å². The lowest BCUT2D eigenvalue weighted by Gasteiger charge is -2.17. The maximum absolute atomic E-state index is 13.4. The van der Waals surface area contributed by atoms with Crippen molar-refractivity contribution in [2.45, 2.75) is 26.9 Å². The number of hydrogen-bond donors (Lipinski definition) is 0. The summed E-state index contributed by atoms with van der Waals surface area (Å²) in [5, 5.41) is 8.91. The smallest absolute Gasteiger partial charge is 0.161 e. The molecular weight excluding hydrogens is 262 g/mol. The summed E-state index contributed by atoms with van der Waals surface area (Å²) >= 11 is 0. The minimum Gasteiger partial charge on any atom is -0.313 e. The molecule has 0 fully saturated rings. The lowest BCUT2D eigenvalue weighted by Crippen LogP contribution is -2.24. The molecule has 0 bridgehead atoms. The zero-order chi connectivity index (χ0) is 14.7. The Morgan fingerprint density at radius 3 is 2.50 bits per heavy atom. The molecule has 0 saturated carbocycles. The second kappa shape index (κ2) is 5.97. The zero-order valence-electron chi connectivity index (χ0n) is 11.5. The molecule has 0 saturated heterocycles. The molecule has 1 heterocycles. The van der Waals surface area contributed by atoms with Gasteiger partial charge in [-0.15, -0.1) is 0 Å². The summed E-state index contributed by atoms with van der Waals surface area (Å²) in [4.78, 5) is 6.46. The Morgan fingerprint density at radius 2 is 1.90 bits per heavy atom. The standard InChI is InChI=1S/C14H16F2N4/c1-3-19(4-2)9-14-18-12-7-10(15)11(16)8-13(12)20(14)6-5-17/h7-8H,3-4,6,9H2,1-2H3. The number of nitrogens with zero attached hydrogens (tertiary/aromatic N) is 4. The van der Waals surface area contributed by atoms with E-state index in [9.17, 15) is 8.78 Å². The molecule has 4 nitrogen and oxygen atoms in total. The van der Waals surface area contributed by atoms with Crippen molar-refractivity contribution in [2.75, 3.05) is 13.1 Å². The van der Waals surface area contributed by atoms with Crippen LogP contribution in [0.15, 0.2) is 12.1 Å². The van der Waals surface area contributed by atoms with Gasteiger partial charge in [0, 0.05) is 12.1 Å². The molecule has 6 heteroatoms. The Bertz CT molecular complexity index is 653. The fourth-order valence-corrected chi connectivity index (χ4v) is 2.19. The van der Waals surface area contributed by atoms with Crippen LogP contribution >= 0.6 is 0 Å². The van der Waals surface area contributed by atoms with Crippen molar-refractivity contribution in [3.8, 4) is 6.07 Å². The predicted octanol–water partition coefficient (Wildman–Crippen LogP) is 2.68. The highest BCUT2D eigenvalue weighted by molar-refractivity contribution is 5.76. The minimum atomic E-state index is -0.925. The van der Waals surface area contributed by atoms with Crippen LogP contribution in [0.3, 0.4) is 0 Å². The highest BCUT2D eigenvalue weighted by Gasteiger charge is 2.15. The quantitative estimate of drug-likeness (QED) is 0.844. The van der Waals surface area contributed by atoms with Crippen LogP contribution in [-0.2, 0) is 13.1 Å². The van der Waals surface area contributed by atoms with Crippen LogP contribution < -0.4 is 0 Å². The van der Waals surface area contributed by atoms with Crippen LogP contribution in [-0.4, -0.2) is 27.5 Å². The van der Waals surface area contributed by atoms with Crippen LogP contribution in [0, 0.1) is 23.0 Å². The van der Waals surface area contributed by atoms with Gasteiger partial charge in [0.1, 0.15) is 12.4 Å². The first kappa shape index (κ1) is 14.4. The molecule has 0 amide bonds. The maximum Gasteiger partial charge on any atom is 0.161 e. The summed E-state index contributed by atoms with van der Waals surface area (Å²) in [7, 11) is 0. The van der Waals surface area contributed by atoms with E-state index in [1.807, 2.05) is 19.9 Å². The molecule has 0 aliphatic rings. The van der Waals surface area contributed by atoms with Crippen LogP contribution in [0.1, 0.15) is 19.7 Å². The van der Waals surface area contributed by atoms with Crippen molar-refractivity contribution in [2.24, 2.45) is 0 Å². The van der Waals surface area contributed by atoms with E-state index in [-0.39, 0.29) is 6.54 Å². The van der Waals surface area contributed by atoms with E-state index in [2.05, 4.69) is 9.88 Å². The molecule has 2 aromatic rings. The number of hydrogen-bond acceptors (Lipinski definition) is 3. The van der Waals surface area contributed by atoms with Crippen LogP contribution in [0.2, 0.25) is 0 Å². The average molecular weight is 278 g/mol. The largest absolute Gasteiger partial charge is 0.313 e. The molecule has 0 aliphatic heterocycles. The van der Waals surface area contributed by atoms with E-state index in [1.165, 1.54) is 0 Å². The fraction of sp³-hybridized carbons (Fsp3) is 0.429. The van der Waals surface area contributed by atoms with Crippen molar-refractivity contribution >= 4 is 11.0 Å². The molecule has 0 N–H and O–H groups in total. The van der Waals surface area contributed by atoms with Crippen LogP contribution in [0.5, 0.6) is 0 Å². The molecule has 0 unspecified atom stereocenters. The van der Waals surface area contributed by atoms with E-state index in [4.69, 9.17) is 5.26 Å². The van der Waals surface area contributed by atoms with E-state index < -0.39 is 11.6 Å². The average Bonchev–Trinajstić information content (AvgIpc) is 2.75. The summed E-state index contributed by atoms with van der Waals surface area (Å²) in [6.45, 7) is 6.36. The molecule has 0 radical (unpaired) electrons. The fourth-order valence-electron chi connectivity index (χ4n) is 2.19. The molecule has 106 valence electrons. The first-order chi connectivity index (χ1) is 9.60. The predicted molar refractivity (Wildman–Crippen MR) is 71.9 cm³/mol. The molecule has 20 heavy (non-hydrogen) atoms. The van der Waals surface area contributed by atoms with Gasteiger partial charge in [0.25, 0.3) is 0 Å². The van der Waals surface area contributed by atoms with Gasteiger partial charge in [0.05, 0.1) is 23.6 Å². The van der Waals surface area contributed by atoms with Crippen LogP contribution in [0.4, 0.5) is 8.78 Å². The van der Waals surface area contributed by atoms with Gasteiger partial charge in [0.15, 0.2) is 11.6 Å². The highest BCUT2D eigenvalue weighted by Crippen LogP contribution is 2.20. The Kier molecular flexibility index (Phi) is 4.30. The van der Waals surface area contributed by atoms with E-state index >= 15 is 0 Å². The molecule has 1 aromatic heterocycles. The van der Waals surface area contributed by atoms with Crippen molar-refractivity contribution in [3.63, 3.8) is 0 Å². The van der Waals surface area contributed by atoms with Gasteiger partial charge in [-0.1, -0.05) is 13.8 Å². The second-order valence-corrected chi connectivity index (χ2v) is 4.49. The van der Waals surface area contributed by atoms with Crippen molar-refractivity contribution in [1.29, 1.82) is 5.26 Å². The monoisotopic (exact) mass is 278 g/mol. The molecule has 1 aromatic carbocycles. The summed E-state index contributed by atoms with van der Waals surface area (Å²) in [5.74, 6) is -1.20. The zero-order valence-corrected chi connectivity index (χ0v) is 11.5. The number of fused-ring (bicyclic) bond motifs is 1.